The number of nitrogens with one attached hydrogen (secondary N) is 1. The molecule has 1 unspecified atom stereocenters. The molecule has 2 aliphatic rings. The van der Waals surface area contributed by atoms with Crippen molar-refractivity contribution in [2.75, 3.05) is 32.1 Å². The second kappa shape index (κ2) is 6.00. The van der Waals surface area contributed by atoms with Gasteiger partial charge in [0.25, 0.3) is 0 Å². The highest BCUT2D eigenvalue weighted by Gasteiger charge is 2.27. The molecular weight excluding hydrogens is 316 g/mol. The van der Waals surface area contributed by atoms with Gasteiger partial charge in [-0.2, -0.15) is 0 Å². The Morgan fingerprint density at radius 3 is 2.85 bits per heavy atom. The third kappa shape index (κ3) is 3.32. The normalized spacial score (nSPS) is 22.8. The van der Waals surface area contributed by atoms with Crippen LogP contribution in [0.1, 0.15) is 24.8 Å². The van der Waals surface area contributed by atoms with Crippen LogP contribution in [0.15, 0.2) is 16.7 Å². The van der Waals surface area contributed by atoms with Crippen LogP contribution >= 0.6 is 15.9 Å². The molecule has 0 amide bonds. The summed E-state index contributed by atoms with van der Waals surface area (Å²) in [7, 11) is 4.33. The van der Waals surface area contributed by atoms with Crippen molar-refractivity contribution in [3.63, 3.8) is 0 Å². The van der Waals surface area contributed by atoms with E-state index >= 15 is 0 Å². The number of rotatable bonds is 5. The van der Waals surface area contributed by atoms with Gasteiger partial charge < -0.3 is 15.1 Å². The van der Waals surface area contributed by atoms with Gasteiger partial charge >= 0.3 is 0 Å². The van der Waals surface area contributed by atoms with Crippen LogP contribution in [0.5, 0.6) is 0 Å². The Balaban J connectivity index is 1.74. The van der Waals surface area contributed by atoms with Gasteiger partial charge in [0.1, 0.15) is 5.82 Å². The highest BCUT2D eigenvalue weighted by atomic mass is 79.9. The minimum atomic E-state index is 0.643. The van der Waals surface area contributed by atoms with Gasteiger partial charge in [0, 0.05) is 48.0 Å². The lowest BCUT2D eigenvalue weighted by atomic mass is 10.2. The fourth-order valence-electron chi connectivity index (χ4n) is 2.79. The first-order valence-corrected chi connectivity index (χ1v) is 8.22. The van der Waals surface area contributed by atoms with Crippen molar-refractivity contribution in [2.24, 2.45) is 0 Å². The first-order valence-electron chi connectivity index (χ1n) is 7.42. The quantitative estimate of drug-likeness (QED) is 0.892. The van der Waals surface area contributed by atoms with Gasteiger partial charge in [-0.3, -0.25) is 0 Å². The molecule has 1 saturated heterocycles. The van der Waals surface area contributed by atoms with Gasteiger partial charge in [0.2, 0.25) is 0 Å². The van der Waals surface area contributed by atoms with Crippen molar-refractivity contribution >= 4 is 21.7 Å². The lowest BCUT2D eigenvalue weighted by Crippen LogP contribution is -2.32. The van der Waals surface area contributed by atoms with E-state index in [0.717, 1.165) is 36.0 Å². The molecule has 1 atom stereocenters. The smallest absolute Gasteiger partial charge is 0.133 e. The van der Waals surface area contributed by atoms with E-state index in [1.165, 1.54) is 24.8 Å². The van der Waals surface area contributed by atoms with Gasteiger partial charge in [-0.25, -0.2) is 4.98 Å². The zero-order chi connectivity index (χ0) is 14.1. The van der Waals surface area contributed by atoms with E-state index in [1.54, 1.807) is 0 Å². The first-order chi connectivity index (χ1) is 9.63. The van der Waals surface area contributed by atoms with Gasteiger partial charge in [0.05, 0.1) is 0 Å². The summed E-state index contributed by atoms with van der Waals surface area (Å²) in [6.45, 7) is 3.11. The van der Waals surface area contributed by atoms with Crippen LogP contribution in [0.2, 0.25) is 0 Å². The molecule has 4 nitrogen and oxygen atoms in total. The van der Waals surface area contributed by atoms with E-state index in [2.05, 4.69) is 56.2 Å². The molecule has 1 aromatic heterocycles. The predicted octanol–water partition coefficient (Wildman–Crippen LogP) is 2.24. The summed E-state index contributed by atoms with van der Waals surface area (Å²) < 4.78 is 1.07. The van der Waals surface area contributed by atoms with E-state index in [9.17, 15) is 0 Å². The SMILES string of the molecule is CN(C)C1CCN(c2ncc(Br)cc2CNC2CC2)C1. The molecule has 1 aliphatic carbocycles. The number of halogens is 1. The molecule has 1 aromatic rings. The Morgan fingerprint density at radius 1 is 1.40 bits per heavy atom. The highest BCUT2D eigenvalue weighted by molar-refractivity contribution is 9.10. The number of likely N-dealkylation sites (N-methyl/N-ethyl adjacent to an activating group) is 1. The van der Waals surface area contributed by atoms with Gasteiger partial charge in [-0.15, -0.1) is 0 Å². The Hall–Kier alpha value is -0.650. The molecule has 0 aromatic carbocycles. The van der Waals surface area contributed by atoms with E-state index in [1.807, 2.05) is 6.20 Å². The van der Waals surface area contributed by atoms with Crippen LogP contribution in [-0.2, 0) is 6.54 Å². The lowest BCUT2D eigenvalue weighted by molar-refractivity contribution is 0.315. The first kappa shape index (κ1) is 14.3. The van der Waals surface area contributed by atoms with E-state index in [-0.39, 0.29) is 0 Å². The van der Waals surface area contributed by atoms with Crippen molar-refractivity contribution in [3.05, 3.63) is 22.3 Å². The molecule has 3 rings (SSSR count). The average Bonchev–Trinajstić information content (AvgIpc) is 3.11. The summed E-state index contributed by atoms with van der Waals surface area (Å²) in [5.41, 5.74) is 1.31. The van der Waals surface area contributed by atoms with Crippen LogP contribution in [0, 0.1) is 0 Å². The van der Waals surface area contributed by atoms with E-state index in [4.69, 9.17) is 0 Å². The van der Waals surface area contributed by atoms with Crippen LogP contribution in [0.4, 0.5) is 5.82 Å². The summed E-state index contributed by atoms with van der Waals surface area (Å²) in [4.78, 5) is 9.42. The number of pyridine rings is 1. The highest BCUT2D eigenvalue weighted by Crippen LogP contribution is 2.27. The molecule has 1 aliphatic heterocycles. The molecule has 1 N–H and O–H groups in total. The van der Waals surface area contributed by atoms with Crippen LogP contribution in [-0.4, -0.2) is 49.2 Å². The van der Waals surface area contributed by atoms with Gasteiger partial charge in [-0.05, 0) is 55.4 Å². The standard InChI is InChI=1S/C15H23BrN4/c1-19(2)14-5-6-20(10-14)15-11(7-12(16)9-18-15)8-17-13-3-4-13/h7,9,13-14,17H,3-6,8,10H2,1-2H3. The second-order valence-electron chi connectivity index (χ2n) is 6.14. The summed E-state index contributed by atoms with van der Waals surface area (Å²) >= 11 is 3.55. The Kier molecular flexibility index (Phi) is 4.29. The maximum absolute atomic E-state index is 4.67. The molecular formula is C15H23BrN4. The van der Waals surface area contributed by atoms with Gasteiger partial charge in [0.15, 0.2) is 0 Å². The molecule has 5 heteroatoms. The van der Waals surface area contributed by atoms with Crippen molar-refractivity contribution in [3.8, 4) is 0 Å². The van der Waals surface area contributed by atoms with Crippen LogP contribution in [0.3, 0.4) is 0 Å². The molecule has 1 saturated carbocycles. The second-order valence-corrected chi connectivity index (χ2v) is 7.06. The van der Waals surface area contributed by atoms with E-state index < -0.39 is 0 Å². The Morgan fingerprint density at radius 2 is 2.20 bits per heavy atom. The molecule has 0 radical (unpaired) electrons. The van der Waals surface area contributed by atoms with Gasteiger partial charge in [-0.1, -0.05) is 0 Å². The third-order valence-corrected chi connectivity index (χ3v) is 4.69. The van der Waals surface area contributed by atoms with Crippen molar-refractivity contribution < 1.29 is 0 Å². The lowest BCUT2D eigenvalue weighted by Gasteiger charge is -2.23. The van der Waals surface area contributed by atoms with Crippen molar-refractivity contribution in [1.29, 1.82) is 0 Å². The molecule has 2 heterocycles. The minimum Gasteiger partial charge on any atom is -0.355 e. The summed E-state index contributed by atoms with van der Waals surface area (Å²) in [6, 6.07) is 3.58. The van der Waals surface area contributed by atoms with E-state index in [0.29, 0.717) is 6.04 Å². The largest absolute Gasteiger partial charge is 0.355 e. The maximum atomic E-state index is 4.67. The number of aromatic nitrogens is 1. The molecule has 0 spiro atoms. The number of nitrogens with zero attached hydrogens (tertiary/aromatic N) is 3. The van der Waals surface area contributed by atoms with Crippen molar-refractivity contribution in [1.82, 2.24) is 15.2 Å². The number of hydrogen-bond acceptors (Lipinski definition) is 4. The topological polar surface area (TPSA) is 31.4 Å². The number of anilines is 1. The summed E-state index contributed by atoms with van der Waals surface area (Å²) in [5.74, 6) is 1.16. The fraction of sp³-hybridized carbons (Fsp3) is 0.667. The van der Waals surface area contributed by atoms with Crippen LogP contribution < -0.4 is 10.2 Å². The summed E-state index contributed by atoms with van der Waals surface area (Å²) in [5, 5.41) is 3.60. The third-order valence-electron chi connectivity index (χ3n) is 4.26. The molecule has 20 heavy (non-hydrogen) atoms. The average molecular weight is 339 g/mol. The molecule has 0 bridgehead atoms. The maximum Gasteiger partial charge on any atom is 0.133 e. The Bertz CT molecular complexity index is 473. The predicted molar refractivity (Wildman–Crippen MR) is 86.1 cm³/mol. The zero-order valence-electron chi connectivity index (χ0n) is 12.3. The number of hydrogen-bond donors (Lipinski definition) is 1. The molecule has 2 fully saturated rings. The zero-order valence-corrected chi connectivity index (χ0v) is 13.9. The van der Waals surface area contributed by atoms with Crippen molar-refractivity contribution in [2.45, 2.75) is 37.9 Å². The van der Waals surface area contributed by atoms with Crippen LogP contribution in [0.25, 0.3) is 0 Å². The Labute approximate surface area is 129 Å². The molecule has 110 valence electrons. The minimum absolute atomic E-state index is 0.643. The fourth-order valence-corrected chi connectivity index (χ4v) is 3.16. The monoisotopic (exact) mass is 338 g/mol. The summed E-state index contributed by atoms with van der Waals surface area (Å²) in [6.07, 6.45) is 5.78.